The van der Waals surface area contributed by atoms with Gasteiger partial charge in [-0.1, -0.05) is 24.8 Å². The second kappa shape index (κ2) is 6.95. The fourth-order valence-corrected chi connectivity index (χ4v) is 0. The number of rotatable bonds is 1. The molecule has 9 heavy (non-hydrogen) atoms. The van der Waals surface area contributed by atoms with Gasteiger partial charge >= 0.3 is 0 Å². The SMILES string of the molecule is C=CC(=C)C.CC(=O)O. The highest BCUT2D eigenvalue weighted by atomic mass is 16.4. The Morgan fingerprint density at radius 1 is 1.56 bits per heavy atom. The van der Waals surface area contributed by atoms with Crippen LogP contribution in [0.3, 0.4) is 0 Å². The van der Waals surface area contributed by atoms with Crippen molar-refractivity contribution in [2.24, 2.45) is 0 Å². The Hall–Kier alpha value is -1.05. The first-order valence-electron chi connectivity index (χ1n) is 2.48. The van der Waals surface area contributed by atoms with E-state index in [1.54, 1.807) is 6.08 Å². The van der Waals surface area contributed by atoms with Gasteiger partial charge in [-0.05, 0) is 6.92 Å². The zero-order chi connectivity index (χ0) is 7.86. The summed E-state index contributed by atoms with van der Waals surface area (Å²) in [7, 11) is 0. The number of hydrogen-bond donors (Lipinski definition) is 1. The summed E-state index contributed by atoms with van der Waals surface area (Å²) in [4.78, 5) is 9.00. The van der Waals surface area contributed by atoms with Crippen molar-refractivity contribution in [1.29, 1.82) is 0 Å². The minimum Gasteiger partial charge on any atom is -0.481 e. The lowest BCUT2D eigenvalue weighted by atomic mass is 10.4. The van der Waals surface area contributed by atoms with E-state index in [1.165, 1.54) is 0 Å². The molecule has 0 saturated heterocycles. The molecule has 0 aliphatic rings. The minimum absolute atomic E-state index is 0.833. The molecule has 52 valence electrons. The fourth-order valence-electron chi connectivity index (χ4n) is 0. The topological polar surface area (TPSA) is 37.3 Å². The van der Waals surface area contributed by atoms with Crippen molar-refractivity contribution in [3.8, 4) is 0 Å². The molecule has 0 aliphatic carbocycles. The van der Waals surface area contributed by atoms with Gasteiger partial charge < -0.3 is 5.11 Å². The number of allylic oxidation sites excluding steroid dienone is 2. The van der Waals surface area contributed by atoms with Crippen LogP contribution in [0.25, 0.3) is 0 Å². The highest BCUT2D eigenvalue weighted by Crippen LogP contribution is 1.81. The standard InChI is InChI=1S/C5H8.C2H4O2/c1-4-5(2)3;1-2(3)4/h4H,1-2H2,3H3;1H3,(H,3,4). The van der Waals surface area contributed by atoms with Gasteiger partial charge in [0.05, 0.1) is 0 Å². The van der Waals surface area contributed by atoms with Crippen LogP contribution in [0.15, 0.2) is 24.8 Å². The summed E-state index contributed by atoms with van der Waals surface area (Å²) >= 11 is 0. The summed E-state index contributed by atoms with van der Waals surface area (Å²) in [5.74, 6) is -0.833. The monoisotopic (exact) mass is 128 g/mol. The van der Waals surface area contributed by atoms with E-state index in [0.717, 1.165) is 12.5 Å². The lowest BCUT2D eigenvalue weighted by Crippen LogP contribution is -1.78. The van der Waals surface area contributed by atoms with E-state index in [-0.39, 0.29) is 0 Å². The molecule has 0 spiro atoms. The quantitative estimate of drug-likeness (QED) is 0.547. The van der Waals surface area contributed by atoms with E-state index in [0.29, 0.717) is 0 Å². The predicted octanol–water partition coefficient (Wildman–Crippen LogP) is 1.84. The molecule has 0 aliphatic heterocycles. The molecule has 0 rings (SSSR count). The normalized spacial score (nSPS) is 6.44. The zero-order valence-electron chi connectivity index (χ0n) is 5.85. The van der Waals surface area contributed by atoms with Crippen LogP contribution in [-0.2, 0) is 4.79 Å². The zero-order valence-corrected chi connectivity index (χ0v) is 5.85. The molecule has 0 aromatic heterocycles. The Labute approximate surface area is 55.5 Å². The van der Waals surface area contributed by atoms with Gasteiger partial charge in [0.2, 0.25) is 0 Å². The van der Waals surface area contributed by atoms with E-state index < -0.39 is 5.97 Å². The van der Waals surface area contributed by atoms with Gasteiger partial charge in [0, 0.05) is 6.92 Å². The largest absolute Gasteiger partial charge is 0.481 e. The third-order valence-corrected chi connectivity index (χ3v) is 0.348. The highest BCUT2D eigenvalue weighted by Gasteiger charge is 1.65. The highest BCUT2D eigenvalue weighted by molar-refractivity contribution is 5.62. The van der Waals surface area contributed by atoms with Gasteiger partial charge in [-0.3, -0.25) is 4.79 Å². The van der Waals surface area contributed by atoms with Crippen molar-refractivity contribution < 1.29 is 9.90 Å². The predicted molar refractivity (Wildman–Crippen MR) is 38.3 cm³/mol. The van der Waals surface area contributed by atoms with E-state index in [4.69, 9.17) is 9.90 Å². The second-order valence-corrected chi connectivity index (χ2v) is 1.57. The fraction of sp³-hybridized carbons (Fsp3) is 0.286. The Morgan fingerprint density at radius 3 is 1.67 bits per heavy atom. The van der Waals surface area contributed by atoms with Gasteiger partial charge in [0.15, 0.2) is 0 Å². The van der Waals surface area contributed by atoms with E-state index in [2.05, 4.69) is 13.2 Å². The van der Waals surface area contributed by atoms with Crippen molar-refractivity contribution in [2.45, 2.75) is 13.8 Å². The third kappa shape index (κ3) is 189. The van der Waals surface area contributed by atoms with Crippen molar-refractivity contribution >= 4 is 5.97 Å². The van der Waals surface area contributed by atoms with Crippen molar-refractivity contribution in [3.05, 3.63) is 24.8 Å². The summed E-state index contributed by atoms with van der Waals surface area (Å²) in [6.45, 7) is 10.0. The summed E-state index contributed by atoms with van der Waals surface area (Å²) in [5.41, 5.74) is 1.02. The number of aliphatic carboxylic acids is 1. The molecule has 0 heterocycles. The Balaban J connectivity index is 0. The maximum absolute atomic E-state index is 9.00. The molecule has 0 fully saturated rings. The molecular formula is C7H12O2. The molecule has 0 saturated carbocycles. The lowest BCUT2D eigenvalue weighted by Gasteiger charge is -1.71. The van der Waals surface area contributed by atoms with Crippen LogP contribution in [0.5, 0.6) is 0 Å². The maximum atomic E-state index is 9.00. The van der Waals surface area contributed by atoms with Crippen LogP contribution in [0.1, 0.15) is 13.8 Å². The Morgan fingerprint density at radius 2 is 1.67 bits per heavy atom. The van der Waals surface area contributed by atoms with E-state index in [1.807, 2.05) is 6.92 Å². The van der Waals surface area contributed by atoms with Crippen molar-refractivity contribution in [1.82, 2.24) is 0 Å². The number of carboxylic acid groups (broad SMARTS) is 1. The molecular weight excluding hydrogens is 116 g/mol. The van der Waals surface area contributed by atoms with Crippen LogP contribution < -0.4 is 0 Å². The molecule has 2 nitrogen and oxygen atoms in total. The van der Waals surface area contributed by atoms with Crippen molar-refractivity contribution in [2.75, 3.05) is 0 Å². The van der Waals surface area contributed by atoms with Gasteiger partial charge in [-0.2, -0.15) is 0 Å². The average Bonchev–Trinajstić information content (AvgIpc) is 1.65. The smallest absolute Gasteiger partial charge is 0.300 e. The number of carboxylic acids is 1. The molecule has 1 N–H and O–H groups in total. The van der Waals surface area contributed by atoms with E-state index in [9.17, 15) is 0 Å². The lowest BCUT2D eigenvalue weighted by molar-refractivity contribution is -0.134. The Kier molecular flexibility index (Phi) is 8.38. The average molecular weight is 128 g/mol. The van der Waals surface area contributed by atoms with Gasteiger partial charge in [-0.15, -0.1) is 0 Å². The molecule has 2 heteroatoms. The van der Waals surface area contributed by atoms with Gasteiger partial charge in [0.1, 0.15) is 0 Å². The first-order valence-corrected chi connectivity index (χ1v) is 2.48. The minimum atomic E-state index is -0.833. The van der Waals surface area contributed by atoms with Gasteiger partial charge in [-0.25, -0.2) is 0 Å². The van der Waals surface area contributed by atoms with E-state index >= 15 is 0 Å². The summed E-state index contributed by atoms with van der Waals surface area (Å²) in [6.07, 6.45) is 1.72. The van der Waals surface area contributed by atoms with Crippen LogP contribution in [0.4, 0.5) is 0 Å². The molecule has 0 aromatic rings. The molecule has 0 radical (unpaired) electrons. The molecule has 0 bridgehead atoms. The summed E-state index contributed by atoms with van der Waals surface area (Å²) in [5, 5.41) is 7.42. The van der Waals surface area contributed by atoms with Gasteiger partial charge in [0.25, 0.3) is 5.97 Å². The molecule has 0 atom stereocenters. The first kappa shape index (κ1) is 10.8. The molecule has 0 amide bonds. The van der Waals surface area contributed by atoms with Crippen molar-refractivity contribution in [3.63, 3.8) is 0 Å². The number of carbonyl (C=O) groups is 1. The maximum Gasteiger partial charge on any atom is 0.300 e. The van der Waals surface area contributed by atoms with Crippen LogP contribution in [0, 0.1) is 0 Å². The number of hydrogen-bond acceptors (Lipinski definition) is 1. The molecule has 0 unspecified atom stereocenters. The van der Waals surface area contributed by atoms with Crippen LogP contribution >= 0.6 is 0 Å². The summed E-state index contributed by atoms with van der Waals surface area (Å²) < 4.78 is 0. The van der Waals surface area contributed by atoms with Crippen LogP contribution in [-0.4, -0.2) is 11.1 Å². The third-order valence-electron chi connectivity index (χ3n) is 0.348. The molecule has 0 aromatic carbocycles. The first-order chi connectivity index (χ1) is 4.00. The second-order valence-electron chi connectivity index (χ2n) is 1.57. The summed E-state index contributed by atoms with van der Waals surface area (Å²) in [6, 6.07) is 0. The van der Waals surface area contributed by atoms with Crippen LogP contribution in [0.2, 0.25) is 0 Å². The Bertz CT molecular complexity index is 110.